The van der Waals surface area contributed by atoms with Crippen molar-refractivity contribution in [3.8, 4) is 5.75 Å². The SMILES string of the molecule is CC[C@H]1OC(=O)[C@H](C)[C@@H](O[C@H]2C[C@@](C)(OC)[C@@H](O)[C@H](C)O2)[C@H](C)[C@@H](O[C@@H]2O[C@H](C)C[C@H](N(C)C)[C@H]2O)[C@](C)(O)C[C@@H](C)CN(CCCNC(=O)Nc2cc(F)cc3c2OCOC3)[C@H](C)[C@@H](O)[C@]1(C)O.O=CO. The highest BCUT2D eigenvalue weighted by Crippen LogP contribution is 2.41. The molecular weight excluding hydrogens is 948 g/mol. The lowest BCUT2D eigenvalue weighted by atomic mass is 9.77. The van der Waals surface area contributed by atoms with Crippen LogP contribution >= 0.6 is 0 Å². The molecule has 8 N–H and O–H groups in total. The van der Waals surface area contributed by atoms with Crippen molar-refractivity contribution in [2.24, 2.45) is 17.8 Å². The number of aliphatic hydroxyl groups is 5. The first-order chi connectivity index (χ1) is 33.6. The highest BCUT2D eigenvalue weighted by Gasteiger charge is 2.53. The van der Waals surface area contributed by atoms with Crippen molar-refractivity contribution in [2.45, 2.75) is 198 Å². The summed E-state index contributed by atoms with van der Waals surface area (Å²) in [4.78, 5) is 39.9. The number of aliphatic hydroxyl groups excluding tert-OH is 3. The summed E-state index contributed by atoms with van der Waals surface area (Å²) in [5.74, 6) is -3.25. The first kappa shape index (κ1) is 61.2. The molecule has 4 aliphatic rings. The number of urea groups is 1. The number of hydrogen-bond acceptors (Lipinski definition) is 18. The number of ether oxygens (including phenoxy) is 8. The number of nitrogens with one attached hydrogen (secondary N) is 2. The number of anilines is 1. The maximum absolute atomic E-state index is 14.6. The lowest BCUT2D eigenvalue weighted by Crippen LogP contribution is -2.60. The van der Waals surface area contributed by atoms with Gasteiger partial charge in [-0.2, -0.15) is 0 Å². The second-order valence-electron chi connectivity index (χ2n) is 21.1. The molecule has 21 nitrogen and oxygen atoms in total. The van der Waals surface area contributed by atoms with Gasteiger partial charge in [-0.15, -0.1) is 0 Å². The van der Waals surface area contributed by atoms with Gasteiger partial charge in [0.15, 0.2) is 25.1 Å². The summed E-state index contributed by atoms with van der Waals surface area (Å²) >= 11 is 0. The molecule has 3 fully saturated rings. The first-order valence-electron chi connectivity index (χ1n) is 25.1. The Labute approximate surface area is 423 Å². The predicted molar refractivity (Wildman–Crippen MR) is 260 cm³/mol. The zero-order valence-electron chi connectivity index (χ0n) is 44.4. The maximum atomic E-state index is 14.6. The van der Waals surface area contributed by atoms with E-state index >= 15 is 0 Å². The van der Waals surface area contributed by atoms with Gasteiger partial charge in [-0.1, -0.05) is 20.8 Å². The molecule has 0 radical (unpaired) electrons. The van der Waals surface area contributed by atoms with Gasteiger partial charge in [-0.25, -0.2) is 9.18 Å². The number of amides is 2. The fourth-order valence-electron chi connectivity index (χ4n) is 10.8. The van der Waals surface area contributed by atoms with Gasteiger partial charge >= 0.3 is 12.0 Å². The number of methoxy groups -OCH3 is 1. The van der Waals surface area contributed by atoms with Crippen molar-refractivity contribution in [2.75, 3.05) is 52.9 Å². The number of rotatable bonds is 12. The molecule has 414 valence electrons. The van der Waals surface area contributed by atoms with Crippen LogP contribution in [0.25, 0.3) is 0 Å². The molecule has 5 rings (SSSR count). The topological polar surface area (TPSA) is 277 Å². The van der Waals surface area contributed by atoms with Gasteiger partial charge in [-0.05, 0) is 100 Å². The van der Waals surface area contributed by atoms with Crippen LogP contribution in [0, 0.1) is 23.6 Å². The number of carboxylic acid groups (broad SMARTS) is 1. The van der Waals surface area contributed by atoms with Crippen molar-refractivity contribution in [1.82, 2.24) is 15.1 Å². The van der Waals surface area contributed by atoms with Gasteiger partial charge in [0.25, 0.3) is 6.47 Å². The minimum Gasteiger partial charge on any atom is -0.483 e. The molecule has 18 atom stereocenters. The van der Waals surface area contributed by atoms with Crippen LogP contribution in [0.4, 0.5) is 14.9 Å². The zero-order chi connectivity index (χ0) is 54.0. The van der Waals surface area contributed by atoms with E-state index < -0.39 is 108 Å². The monoisotopic (exact) mass is 1030 g/mol. The number of carbonyl (C=O) groups excluding carboxylic acids is 2. The third kappa shape index (κ3) is 15.2. The van der Waals surface area contributed by atoms with Gasteiger partial charge in [0.2, 0.25) is 0 Å². The van der Waals surface area contributed by atoms with Gasteiger partial charge < -0.3 is 84.1 Å². The normalized spacial score (nSPS) is 39.4. The lowest BCUT2D eigenvalue weighted by Gasteiger charge is -2.48. The maximum Gasteiger partial charge on any atom is 0.319 e. The van der Waals surface area contributed by atoms with Crippen LogP contribution in [0.15, 0.2) is 12.1 Å². The average Bonchev–Trinajstić information content (AvgIpc) is 3.31. The third-order valence-corrected chi connectivity index (χ3v) is 14.9. The smallest absolute Gasteiger partial charge is 0.319 e. The van der Waals surface area contributed by atoms with E-state index in [1.54, 1.807) is 48.5 Å². The summed E-state index contributed by atoms with van der Waals surface area (Å²) in [5.41, 5.74) is -4.12. The molecule has 1 aromatic carbocycles. The summed E-state index contributed by atoms with van der Waals surface area (Å²) in [7, 11) is 5.21. The average molecular weight is 1030 g/mol. The van der Waals surface area contributed by atoms with Gasteiger partial charge in [0.05, 0.1) is 53.8 Å². The predicted octanol–water partition coefficient (Wildman–Crippen LogP) is 3.19. The molecule has 0 aliphatic carbocycles. The molecule has 4 aliphatic heterocycles. The number of cyclic esters (lactones) is 1. The number of hydrogen-bond donors (Lipinski definition) is 8. The summed E-state index contributed by atoms with van der Waals surface area (Å²) < 4.78 is 63.2. The highest BCUT2D eigenvalue weighted by molar-refractivity contribution is 5.91. The van der Waals surface area contributed by atoms with E-state index in [0.717, 1.165) is 0 Å². The zero-order valence-corrected chi connectivity index (χ0v) is 44.4. The van der Waals surface area contributed by atoms with Crippen LogP contribution in [0.3, 0.4) is 0 Å². The molecule has 0 spiro atoms. The standard InChI is InChI=1S/C49H83FN4O15.CH2O2/c1-14-36-49(10,61)41(56)30(6)54(17-15-16-51-46(59)52-34-20-33(50)19-32-24-63-25-64-40(32)34)23-26(2)21-47(8,60)43(69-45-38(55)35(53(11)12)18-27(3)65-45)28(4)39(29(5)44(58)67-36)68-37-22-48(9,62-13)42(57)31(7)66-37;2-1-3/h19-20,26-31,35-39,41-43,45,55-57,60-61H,14-18,21-25H2,1-13H3,(H2,51,52,59);1H,(H,2,3)/t26-,27-,28+,29-,30-,31+,35+,36-,37+,38-,39+,41-,42+,43-,45+,47-,48-,49-;/m1./s1. The van der Waals surface area contributed by atoms with Gasteiger partial charge in [0, 0.05) is 62.8 Å². The molecule has 0 aromatic heterocycles. The highest BCUT2D eigenvalue weighted by atomic mass is 19.1. The van der Waals surface area contributed by atoms with Gasteiger partial charge in [0.1, 0.15) is 35.8 Å². The largest absolute Gasteiger partial charge is 0.483 e. The Morgan fingerprint density at radius 2 is 1.68 bits per heavy atom. The molecule has 0 saturated carbocycles. The lowest BCUT2D eigenvalue weighted by molar-refractivity contribution is -0.318. The fraction of sp³-hybridized carbons (Fsp3) is 0.820. The van der Waals surface area contributed by atoms with Crippen molar-refractivity contribution >= 4 is 24.2 Å². The Morgan fingerprint density at radius 3 is 2.31 bits per heavy atom. The third-order valence-electron chi connectivity index (χ3n) is 14.9. The summed E-state index contributed by atoms with van der Waals surface area (Å²) in [6.45, 7) is 17.8. The fourth-order valence-corrected chi connectivity index (χ4v) is 10.8. The van der Waals surface area contributed by atoms with Crippen LogP contribution < -0.4 is 15.4 Å². The molecule has 0 bridgehead atoms. The number of nitrogens with zero attached hydrogens (tertiary/aromatic N) is 2. The van der Waals surface area contributed by atoms with E-state index in [9.17, 15) is 39.5 Å². The molecule has 72 heavy (non-hydrogen) atoms. The van der Waals surface area contributed by atoms with Crippen molar-refractivity contribution in [3.05, 3.63) is 23.5 Å². The Morgan fingerprint density at radius 1 is 1.01 bits per heavy atom. The van der Waals surface area contributed by atoms with Crippen molar-refractivity contribution in [1.29, 1.82) is 0 Å². The quantitative estimate of drug-likeness (QED) is 0.0848. The molecule has 1 aromatic rings. The van der Waals surface area contributed by atoms with E-state index in [0.29, 0.717) is 30.7 Å². The Kier molecular flexibility index (Phi) is 22.4. The Bertz CT molecular complexity index is 1900. The minimum atomic E-state index is -1.97. The van der Waals surface area contributed by atoms with Gasteiger partial charge in [-0.3, -0.25) is 14.5 Å². The molecule has 4 heterocycles. The summed E-state index contributed by atoms with van der Waals surface area (Å²) in [6, 6.07) is 0.779. The number of benzene rings is 1. The van der Waals surface area contributed by atoms with Crippen LogP contribution in [0.2, 0.25) is 0 Å². The van der Waals surface area contributed by atoms with E-state index in [4.69, 9.17) is 47.8 Å². The van der Waals surface area contributed by atoms with Crippen LogP contribution in [0.5, 0.6) is 5.75 Å². The van der Waals surface area contributed by atoms with E-state index in [1.807, 2.05) is 37.7 Å². The van der Waals surface area contributed by atoms with Crippen molar-refractivity contribution < 1.29 is 87.3 Å². The van der Waals surface area contributed by atoms with Crippen LogP contribution in [-0.4, -0.2) is 197 Å². The molecule has 3 saturated heterocycles. The number of esters is 1. The summed E-state index contributed by atoms with van der Waals surface area (Å²) in [5, 5.41) is 72.3. The number of fused-ring (bicyclic) bond motifs is 1. The minimum absolute atomic E-state index is 0.0389. The molecule has 0 unspecified atom stereocenters. The van der Waals surface area contributed by atoms with E-state index in [2.05, 4.69) is 10.6 Å². The van der Waals surface area contributed by atoms with Crippen molar-refractivity contribution in [3.63, 3.8) is 0 Å². The summed E-state index contributed by atoms with van der Waals surface area (Å²) in [6.07, 6.45) is -9.06. The number of likely N-dealkylation sites (N-methyl/N-ethyl adjacent to an activating group) is 1. The first-order valence-corrected chi connectivity index (χ1v) is 25.1. The molecular formula is C50H85FN4O17. The molecule has 22 heteroatoms. The Hall–Kier alpha value is -3.36. The number of halogens is 1. The number of carbonyl (C=O) groups is 3. The Balaban J connectivity index is 0.00000365. The second kappa shape index (κ2) is 26.4. The van der Waals surface area contributed by atoms with E-state index in [1.165, 1.54) is 26.2 Å². The molecule has 2 amide bonds. The van der Waals surface area contributed by atoms with Crippen LogP contribution in [0.1, 0.15) is 107 Å². The van der Waals surface area contributed by atoms with E-state index in [-0.39, 0.29) is 76.0 Å². The van der Waals surface area contributed by atoms with Crippen LogP contribution in [-0.2, 0) is 49.4 Å². The second-order valence-corrected chi connectivity index (χ2v) is 21.1.